The number of aliphatic hydroxyl groups is 1. The molecule has 7 heteroatoms. The van der Waals surface area contributed by atoms with Gasteiger partial charge in [-0.05, 0) is 6.07 Å². The van der Waals surface area contributed by atoms with Crippen LogP contribution in [0.5, 0.6) is 5.75 Å². The van der Waals surface area contributed by atoms with Gasteiger partial charge in [-0.15, -0.1) is 0 Å². The standard InChI is InChI=1S/C11H14N2O5/c1-12(5-6-14)11(15)8-3-4-9(13(16)17)10(7-8)18-2/h3-4,7,14H,5-6H2,1-2H3. The summed E-state index contributed by atoms with van der Waals surface area (Å²) in [6.07, 6.45) is 0. The molecule has 0 aliphatic carbocycles. The third-order valence-electron chi connectivity index (χ3n) is 2.41. The minimum atomic E-state index is -0.579. The predicted octanol–water partition coefficient (Wildman–Crippen LogP) is 0.668. The van der Waals surface area contributed by atoms with Crippen molar-refractivity contribution in [3.8, 4) is 5.75 Å². The number of hydrogen-bond donors (Lipinski definition) is 1. The summed E-state index contributed by atoms with van der Waals surface area (Å²) >= 11 is 0. The Morgan fingerprint density at radius 1 is 1.56 bits per heavy atom. The Morgan fingerprint density at radius 3 is 2.72 bits per heavy atom. The molecule has 0 saturated carbocycles. The van der Waals surface area contributed by atoms with E-state index >= 15 is 0 Å². The number of amides is 1. The Bertz CT molecular complexity index is 461. The van der Waals surface area contributed by atoms with Crippen molar-refractivity contribution >= 4 is 11.6 Å². The molecule has 1 amide bonds. The van der Waals surface area contributed by atoms with E-state index in [1.165, 1.54) is 37.3 Å². The summed E-state index contributed by atoms with van der Waals surface area (Å²) in [5.74, 6) is -0.305. The number of nitrogens with zero attached hydrogens (tertiary/aromatic N) is 2. The summed E-state index contributed by atoms with van der Waals surface area (Å²) in [5.41, 5.74) is 0.0762. The lowest BCUT2D eigenvalue weighted by Gasteiger charge is -2.15. The molecule has 1 rings (SSSR count). The van der Waals surface area contributed by atoms with E-state index in [-0.39, 0.29) is 36.1 Å². The fourth-order valence-corrected chi connectivity index (χ4v) is 1.43. The molecule has 0 spiro atoms. The average molecular weight is 254 g/mol. The molecule has 1 aromatic carbocycles. The van der Waals surface area contributed by atoms with Crippen molar-refractivity contribution in [2.75, 3.05) is 27.3 Å². The van der Waals surface area contributed by atoms with Crippen LogP contribution >= 0.6 is 0 Å². The van der Waals surface area contributed by atoms with Crippen LogP contribution in [0.15, 0.2) is 18.2 Å². The van der Waals surface area contributed by atoms with Gasteiger partial charge in [0.25, 0.3) is 5.91 Å². The lowest BCUT2D eigenvalue weighted by atomic mass is 10.1. The quantitative estimate of drug-likeness (QED) is 0.615. The predicted molar refractivity (Wildman–Crippen MR) is 63.7 cm³/mol. The van der Waals surface area contributed by atoms with E-state index in [4.69, 9.17) is 9.84 Å². The van der Waals surface area contributed by atoms with Gasteiger partial charge in [0.1, 0.15) is 0 Å². The van der Waals surface area contributed by atoms with E-state index in [0.29, 0.717) is 0 Å². The molecule has 1 aromatic rings. The van der Waals surface area contributed by atoms with Gasteiger partial charge in [0.2, 0.25) is 0 Å². The number of hydrogen-bond acceptors (Lipinski definition) is 5. The normalized spacial score (nSPS) is 9.94. The van der Waals surface area contributed by atoms with Crippen LogP contribution in [0.1, 0.15) is 10.4 Å². The van der Waals surface area contributed by atoms with Gasteiger partial charge in [0.05, 0.1) is 18.6 Å². The Kier molecular flexibility index (Phi) is 4.61. The van der Waals surface area contributed by atoms with E-state index in [1.807, 2.05) is 0 Å². The minimum Gasteiger partial charge on any atom is -0.490 e. The number of methoxy groups -OCH3 is 1. The van der Waals surface area contributed by atoms with Crippen molar-refractivity contribution in [1.82, 2.24) is 4.90 Å². The maximum Gasteiger partial charge on any atom is 0.310 e. The lowest BCUT2D eigenvalue weighted by molar-refractivity contribution is -0.385. The smallest absolute Gasteiger partial charge is 0.310 e. The van der Waals surface area contributed by atoms with Gasteiger partial charge >= 0.3 is 5.69 Å². The number of benzene rings is 1. The summed E-state index contributed by atoms with van der Waals surface area (Å²) in [7, 11) is 2.83. The summed E-state index contributed by atoms with van der Waals surface area (Å²) < 4.78 is 4.88. The zero-order valence-electron chi connectivity index (χ0n) is 10.1. The average Bonchev–Trinajstić information content (AvgIpc) is 2.37. The molecule has 7 nitrogen and oxygen atoms in total. The first kappa shape index (κ1) is 13.9. The largest absolute Gasteiger partial charge is 0.490 e. The lowest BCUT2D eigenvalue weighted by Crippen LogP contribution is -2.29. The van der Waals surface area contributed by atoms with Crippen LogP contribution in [0, 0.1) is 10.1 Å². The van der Waals surface area contributed by atoms with E-state index in [1.54, 1.807) is 0 Å². The molecule has 0 atom stereocenters. The van der Waals surface area contributed by atoms with Crippen molar-refractivity contribution in [3.05, 3.63) is 33.9 Å². The van der Waals surface area contributed by atoms with Crippen molar-refractivity contribution < 1.29 is 19.6 Å². The van der Waals surface area contributed by atoms with Crippen molar-refractivity contribution in [1.29, 1.82) is 0 Å². The third-order valence-corrected chi connectivity index (χ3v) is 2.41. The van der Waals surface area contributed by atoms with Gasteiger partial charge in [-0.25, -0.2) is 0 Å². The fourth-order valence-electron chi connectivity index (χ4n) is 1.43. The second kappa shape index (κ2) is 5.97. The first-order chi connectivity index (χ1) is 8.51. The van der Waals surface area contributed by atoms with Crippen LogP contribution in [-0.2, 0) is 0 Å². The number of nitro benzene ring substituents is 1. The zero-order valence-corrected chi connectivity index (χ0v) is 10.1. The van der Waals surface area contributed by atoms with Gasteiger partial charge in [-0.2, -0.15) is 0 Å². The van der Waals surface area contributed by atoms with Gasteiger partial charge < -0.3 is 14.7 Å². The molecule has 18 heavy (non-hydrogen) atoms. The molecule has 0 bridgehead atoms. The first-order valence-electron chi connectivity index (χ1n) is 5.20. The molecular formula is C11H14N2O5. The second-order valence-corrected chi connectivity index (χ2v) is 3.59. The number of likely N-dealkylation sites (N-methyl/N-ethyl adjacent to an activating group) is 1. The molecule has 1 N–H and O–H groups in total. The highest BCUT2D eigenvalue weighted by Gasteiger charge is 2.19. The summed E-state index contributed by atoms with van der Waals surface area (Å²) in [6, 6.07) is 3.89. The van der Waals surface area contributed by atoms with E-state index in [2.05, 4.69) is 0 Å². The second-order valence-electron chi connectivity index (χ2n) is 3.59. The van der Waals surface area contributed by atoms with Gasteiger partial charge in [0, 0.05) is 31.3 Å². The topological polar surface area (TPSA) is 92.9 Å². The summed E-state index contributed by atoms with van der Waals surface area (Å²) in [5, 5.41) is 19.4. The van der Waals surface area contributed by atoms with Crippen LogP contribution < -0.4 is 4.74 Å². The molecule has 98 valence electrons. The fraction of sp³-hybridized carbons (Fsp3) is 0.364. The van der Waals surface area contributed by atoms with Crippen LogP contribution in [0.3, 0.4) is 0 Å². The number of aliphatic hydroxyl groups excluding tert-OH is 1. The molecule has 0 aromatic heterocycles. The minimum absolute atomic E-state index is 0.0308. The number of rotatable bonds is 5. The highest BCUT2D eigenvalue weighted by molar-refractivity contribution is 5.94. The third kappa shape index (κ3) is 2.95. The molecule has 0 fully saturated rings. The van der Waals surface area contributed by atoms with Crippen LogP contribution in [0.25, 0.3) is 0 Å². The monoisotopic (exact) mass is 254 g/mol. The number of ether oxygens (including phenoxy) is 1. The zero-order chi connectivity index (χ0) is 13.7. The van der Waals surface area contributed by atoms with Gasteiger partial charge in [-0.1, -0.05) is 0 Å². The number of carbonyl (C=O) groups excluding carboxylic acids is 1. The summed E-state index contributed by atoms with van der Waals surface area (Å²) in [4.78, 5) is 23.3. The van der Waals surface area contributed by atoms with E-state index in [9.17, 15) is 14.9 Å². The molecule has 0 unspecified atom stereocenters. The van der Waals surface area contributed by atoms with Crippen molar-refractivity contribution in [2.45, 2.75) is 0 Å². The molecule has 0 radical (unpaired) electrons. The number of nitro groups is 1. The maximum absolute atomic E-state index is 11.9. The van der Waals surface area contributed by atoms with Gasteiger partial charge in [0.15, 0.2) is 5.75 Å². The number of carbonyl (C=O) groups is 1. The first-order valence-corrected chi connectivity index (χ1v) is 5.20. The Balaban J connectivity index is 3.05. The Labute approximate surface area is 104 Å². The Morgan fingerprint density at radius 2 is 2.22 bits per heavy atom. The summed E-state index contributed by atoms with van der Waals surface area (Å²) in [6.45, 7) is 0.0461. The molecular weight excluding hydrogens is 240 g/mol. The maximum atomic E-state index is 11.9. The highest BCUT2D eigenvalue weighted by atomic mass is 16.6. The molecule has 0 aliphatic heterocycles. The van der Waals surface area contributed by atoms with Crippen LogP contribution in [0.2, 0.25) is 0 Å². The molecule has 0 heterocycles. The SMILES string of the molecule is COc1cc(C(=O)N(C)CCO)ccc1[N+](=O)[O-]. The molecule has 0 aliphatic rings. The molecule has 0 saturated heterocycles. The van der Waals surface area contributed by atoms with E-state index < -0.39 is 4.92 Å². The van der Waals surface area contributed by atoms with E-state index in [0.717, 1.165) is 0 Å². The van der Waals surface area contributed by atoms with Crippen LogP contribution in [-0.4, -0.2) is 48.1 Å². The van der Waals surface area contributed by atoms with Crippen molar-refractivity contribution in [3.63, 3.8) is 0 Å². The van der Waals surface area contributed by atoms with Crippen molar-refractivity contribution in [2.24, 2.45) is 0 Å². The Hall–Kier alpha value is -2.15. The van der Waals surface area contributed by atoms with Gasteiger partial charge in [-0.3, -0.25) is 14.9 Å². The highest BCUT2D eigenvalue weighted by Crippen LogP contribution is 2.27. The van der Waals surface area contributed by atoms with Crippen LogP contribution in [0.4, 0.5) is 5.69 Å².